The lowest BCUT2D eigenvalue weighted by Crippen LogP contribution is -2.17. The third kappa shape index (κ3) is 5.82. The fourth-order valence-corrected chi connectivity index (χ4v) is 4.02. The van der Waals surface area contributed by atoms with E-state index < -0.39 is 21.8 Å². The fraction of sp³-hybridized carbons (Fsp3) is 0.174. The third-order valence-electron chi connectivity index (χ3n) is 4.28. The summed E-state index contributed by atoms with van der Waals surface area (Å²) >= 11 is 0. The summed E-state index contributed by atoms with van der Waals surface area (Å²) in [6.07, 6.45) is -0.352. The Kier molecular flexibility index (Phi) is 6.60. The highest BCUT2D eigenvalue weighted by atomic mass is 32.2. The Morgan fingerprint density at radius 3 is 2.16 bits per heavy atom. The largest absolute Gasteiger partial charge is 0.459 e. The van der Waals surface area contributed by atoms with Gasteiger partial charge in [0.05, 0.1) is 17.4 Å². The molecule has 0 spiro atoms. The minimum Gasteiger partial charge on any atom is -0.459 e. The second-order valence-electron chi connectivity index (χ2n) is 7.27. The van der Waals surface area contributed by atoms with Gasteiger partial charge in [-0.15, -0.1) is 0 Å². The van der Waals surface area contributed by atoms with Crippen molar-refractivity contribution in [3.05, 3.63) is 83.7 Å². The van der Waals surface area contributed by atoms with Crippen molar-refractivity contribution in [1.29, 1.82) is 0 Å². The molecule has 0 heterocycles. The molecule has 0 aliphatic carbocycles. The molecule has 0 bridgehead atoms. The second kappa shape index (κ2) is 9.18. The van der Waals surface area contributed by atoms with Crippen LogP contribution in [0, 0.1) is 12.7 Å². The van der Waals surface area contributed by atoms with E-state index in [2.05, 4.69) is 10.0 Å². The first-order valence-electron chi connectivity index (χ1n) is 9.61. The Labute approximate surface area is 181 Å². The number of carbonyl (C=O) groups is 1. The van der Waals surface area contributed by atoms with Crippen molar-refractivity contribution < 1.29 is 22.3 Å². The van der Waals surface area contributed by atoms with Crippen LogP contribution in [0.2, 0.25) is 0 Å². The van der Waals surface area contributed by atoms with Crippen molar-refractivity contribution in [3.63, 3.8) is 0 Å². The van der Waals surface area contributed by atoms with E-state index in [1.807, 2.05) is 6.92 Å². The van der Waals surface area contributed by atoms with Gasteiger partial charge >= 0.3 is 5.97 Å². The van der Waals surface area contributed by atoms with Gasteiger partial charge < -0.3 is 10.1 Å². The van der Waals surface area contributed by atoms with Gasteiger partial charge in [-0.25, -0.2) is 17.6 Å². The highest BCUT2D eigenvalue weighted by molar-refractivity contribution is 7.92. The molecule has 2 N–H and O–H groups in total. The first-order valence-corrected chi connectivity index (χ1v) is 11.1. The Bertz CT molecular complexity index is 1180. The van der Waals surface area contributed by atoms with Crippen LogP contribution in [0.1, 0.15) is 29.8 Å². The molecule has 3 aromatic rings. The van der Waals surface area contributed by atoms with Crippen LogP contribution >= 0.6 is 0 Å². The van der Waals surface area contributed by atoms with Crippen LogP contribution in [-0.4, -0.2) is 20.5 Å². The van der Waals surface area contributed by atoms with Gasteiger partial charge in [0.2, 0.25) is 0 Å². The molecule has 0 aromatic heterocycles. The molecule has 0 radical (unpaired) electrons. The zero-order valence-electron chi connectivity index (χ0n) is 17.3. The average molecular weight is 443 g/mol. The van der Waals surface area contributed by atoms with Crippen LogP contribution in [0.5, 0.6) is 0 Å². The van der Waals surface area contributed by atoms with Crippen LogP contribution in [0.15, 0.2) is 71.6 Å². The molecular formula is C23H23FN2O4S. The molecule has 0 atom stereocenters. The maximum Gasteiger partial charge on any atom is 0.338 e. The molecule has 0 fully saturated rings. The van der Waals surface area contributed by atoms with E-state index in [1.54, 1.807) is 38.1 Å². The predicted molar refractivity (Wildman–Crippen MR) is 119 cm³/mol. The summed E-state index contributed by atoms with van der Waals surface area (Å²) in [7, 11) is -4.06. The van der Waals surface area contributed by atoms with Gasteiger partial charge in [-0.3, -0.25) is 4.72 Å². The first kappa shape index (κ1) is 22.3. The maximum atomic E-state index is 13.2. The smallest absolute Gasteiger partial charge is 0.338 e. The predicted octanol–water partition coefficient (Wildman–Crippen LogP) is 5.24. The second-order valence-corrected chi connectivity index (χ2v) is 8.92. The topological polar surface area (TPSA) is 84.5 Å². The minimum absolute atomic E-state index is 0.0997. The molecule has 0 saturated carbocycles. The number of halogens is 1. The highest BCUT2D eigenvalue weighted by Gasteiger charge is 2.22. The van der Waals surface area contributed by atoms with E-state index in [-0.39, 0.29) is 22.3 Å². The number of hydrogen-bond donors (Lipinski definition) is 2. The lowest BCUT2D eigenvalue weighted by atomic mass is 10.2. The van der Waals surface area contributed by atoms with Crippen molar-refractivity contribution in [2.75, 3.05) is 10.0 Å². The Balaban J connectivity index is 2.02. The van der Waals surface area contributed by atoms with Crippen molar-refractivity contribution in [1.82, 2.24) is 0 Å². The monoisotopic (exact) mass is 442 g/mol. The zero-order chi connectivity index (χ0) is 22.6. The van der Waals surface area contributed by atoms with E-state index in [0.29, 0.717) is 11.4 Å². The lowest BCUT2D eigenvalue weighted by Gasteiger charge is -2.16. The molecule has 0 saturated heterocycles. The van der Waals surface area contributed by atoms with Crippen LogP contribution < -0.4 is 10.0 Å². The van der Waals surface area contributed by atoms with Crippen molar-refractivity contribution in [2.45, 2.75) is 31.8 Å². The van der Waals surface area contributed by atoms with Crippen LogP contribution in [0.4, 0.5) is 21.5 Å². The Hall–Kier alpha value is -3.39. The van der Waals surface area contributed by atoms with Crippen LogP contribution in [-0.2, 0) is 14.8 Å². The summed E-state index contributed by atoms with van der Waals surface area (Å²) in [4.78, 5) is 12.2. The number of carbonyl (C=O) groups excluding carboxylic acids is 1. The number of ether oxygens (including phenoxy) is 1. The summed E-state index contributed by atoms with van der Waals surface area (Å²) in [5.41, 5.74) is 2.19. The lowest BCUT2D eigenvalue weighted by molar-refractivity contribution is 0.0377. The van der Waals surface area contributed by atoms with Crippen molar-refractivity contribution >= 4 is 33.1 Å². The quantitative estimate of drug-likeness (QED) is 0.489. The van der Waals surface area contributed by atoms with E-state index in [0.717, 1.165) is 5.56 Å². The van der Waals surface area contributed by atoms with Gasteiger partial charge in [-0.1, -0.05) is 17.7 Å². The first-order chi connectivity index (χ1) is 14.6. The molecule has 0 aliphatic rings. The van der Waals surface area contributed by atoms with E-state index >= 15 is 0 Å². The van der Waals surface area contributed by atoms with E-state index in [9.17, 15) is 17.6 Å². The van der Waals surface area contributed by atoms with Gasteiger partial charge in [0.15, 0.2) is 0 Å². The number of nitrogens with one attached hydrogen (secondary N) is 2. The highest BCUT2D eigenvalue weighted by Crippen LogP contribution is 2.29. The number of esters is 1. The number of sulfonamides is 1. The molecule has 162 valence electrons. The molecule has 3 aromatic carbocycles. The fourth-order valence-electron chi connectivity index (χ4n) is 2.78. The van der Waals surface area contributed by atoms with Crippen molar-refractivity contribution in [2.24, 2.45) is 0 Å². The molecule has 0 amide bonds. The van der Waals surface area contributed by atoms with Crippen LogP contribution in [0.25, 0.3) is 0 Å². The van der Waals surface area contributed by atoms with Gasteiger partial charge in [0.1, 0.15) is 10.7 Å². The van der Waals surface area contributed by atoms with Gasteiger partial charge in [-0.2, -0.15) is 0 Å². The number of aryl methyl sites for hydroxylation is 1. The normalized spacial score (nSPS) is 11.3. The summed E-state index contributed by atoms with van der Waals surface area (Å²) in [6.45, 7) is 5.31. The van der Waals surface area contributed by atoms with Gasteiger partial charge in [-0.05, 0) is 75.4 Å². The van der Waals surface area contributed by atoms with Crippen LogP contribution in [0.3, 0.4) is 0 Å². The van der Waals surface area contributed by atoms with Gasteiger partial charge in [0, 0.05) is 11.4 Å². The van der Waals surface area contributed by atoms with Gasteiger partial charge in [0.25, 0.3) is 10.0 Å². The molecular weight excluding hydrogens is 419 g/mol. The average Bonchev–Trinajstić information content (AvgIpc) is 2.71. The number of rotatable bonds is 7. The number of hydrogen-bond acceptors (Lipinski definition) is 5. The number of benzene rings is 3. The zero-order valence-corrected chi connectivity index (χ0v) is 18.2. The Morgan fingerprint density at radius 1 is 0.935 bits per heavy atom. The molecule has 8 heteroatoms. The summed E-state index contributed by atoms with van der Waals surface area (Å²) in [5, 5.41) is 2.97. The molecule has 0 aliphatic heterocycles. The summed E-state index contributed by atoms with van der Waals surface area (Å²) in [5.74, 6) is -1.04. The SMILES string of the molecule is Cc1ccc(NS(=O)(=O)c2cc(C(=O)OC(C)C)ccc2Nc2ccc(F)cc2)cc1. The van der Waals surface area contributed by atoms with E-state index in [1.165, 1.54) is 42.5 Å². The molecule has 31 heavy (non-hydrogen) atoms. The Morgan fingerprint density at radius 2 is 1.55 bits per heavy atom. The molecule has 6 nitrogen and oxygen atoms in total. The summed E-state index contributed by atoms with van der Waals surface area (Å²) in [6, 6.07) is 16.6. The minimum atomic E-state index is -4.06. The molecule has 0 unspecified atom stereocenters. The third-order valence-corrected chi connectivity index (χ3v) is 5.70. The van der Waals surface area contributed by atoms with E-state index in [4.69, 9.17) is 4.74 Å². The number of anilines is 3. The maximum absolute atomic E-state index is 13.2. The standard InChI is InChI=1S/C23H23FN2O4S/c1-15(2)30-23(27)17-6-13-21(25-19-11-7-18(24)8-12-19)22(14-17)31(28,29)26-20-9-4-16(3)5-10-20/h4-15,25-26H,1-3H3. The summed E-state index contributed by atoms with van der Waals surface area (Å²) < 4.78 is 47.3. The molecule has 3 rings (SSSR count). The van der Waals surface area contributed by atoms with Crippen molar-refractivity contribution in [3.8, 4) is 0 Å².